The third-order valence-electron chi connectivity index (χ3n) is 5.03. The van der Waals surface area contributed by atoms with Crippen LogP contribution in [0.2, 0.25) is 0 Å². The molecule has 11 nitrogen and oxygen atoms in total. The zero-order chi connectivity index (χ0) is 23.5. The molecule has 0 bridgehead atoms. The quantitative estimate of drug-likeness (QED) is 0.416. The number of methoxy groups -OCH3 is 1. The van der Waals surface area contributed by atoms with Crippen molar-refractivity contribution in [2.45, 2.75) is 10.7 Å². The second-order valence-corrected chi connectivity index (χ2v) is 10.5. The predicted molar refractivity (Wildman–Crippen MR) is 113 cm³/mol. The number of amidine groups is 1. The Morgan fingerprint density at radius 1 is 1.19 bits per heavy atom. The molecular weight excluding hydrogens is 462 g/mol. The summed E-state index contributed by atoms with van der Waals surface area (Å²) >= 11 is 0. The molecule has 1 heterocycles. The zero-order valence-electron chi connectivity index (χ0n) is 16.7. The highest BCUT2D eigenvalue weighted by Gasteiger charge is 2.54. The Morgan fingerprint density at radius 3 is 2.53 bits per heavy atom. The summed E-state index contributed by atoms with van der Waals surface area (Å²) in [5, 5.41) is 13.5. The molecule has 1 aliphatic heterocycles. The van der Waals surface area contributed by atoms with Crippen molar-refractivity contribution in [2.24, 2.45) is 10.3 Å². The first-order valence-electron chi connectivity index (χ1n) is 9.06. The largest absolute Gasteiger partial charge is 0.356 e. The van der Waals surface area contributed by atoms with Gasteiger partial charge in [0.15, 0.2) is 5.78 Å². The maximum atomic E-state index is 13.1. The van der Waals surface area contributed by atoms with Gasteiger partial charge in [-0.15, -0.1) is 4.40 Å². The number of rotatable bonds is 4. The molecular formula is C19H17N3O8S2. The van der Waals surface area contributed by atoms with Gasteiger partial charge >= 0.3 is 0 Å². The van der Waals surface area contributed by atoms with Gasteiger partial charge in [0.2, 0.25) is 15.8 Å². The van der Waals surface area contributed by atoms with E-state index in [0.29, 0.717) is 0 Å². The number of carbonyl (C=O) groups is 2. The van der Waals surface area contributed by atoms with E-state index in [1.807, 2.05) is 0 Å². The minimum Gasteiger partial charge on any atom is -0.356 e. The molecule has 2 aromatic rings. The summed E-state index contributed by atoms with van der Waals surface area (Å²) in [5.41, 5.74) is -0.0935. The Balaban J connectivity index is 1.81. The van der Waals surface area contributed by atoms with Gasteiger partial charge in [-0.25, -0.2) is 8.42 Å². The minimum atomic E-state index is -4.42. The number of nitrogens with one attached hydrogen (secondary N) is 2. The van der Waals surface area contributed by atoms with Crippen LogP contribution >= 0.6 is 0 Å². The molecule has 2 aromatic carbocycles. The van der Waals surface area contributed by atoms with E-state index in [1.165, 1.54) is 36.4 Å². The lowest BCUT2D eigenvalue weighted by molar-refractivity contribution is -0.202. The van der Waals surface area contributed by atoms with E-state index in [0.717, 1.165) is 19.4 Å². The lowest BCUT2D eigenvalue weighted by Crippen LogP contribution is -2.53. The van der Waals surface area contributed by atoms with Crippen LogP contribution in [-0.4, -0.2) is 52.7 Å². The lowest BCUT2D eigenvalue weighted by atomic mass is 9.77. The van der Waals surface area contributed by atoms with Gasteiger partial charge in [-0.3, -0.25) is 14.3 Å². The topological polar surface area (TPSA) is 168 Å². The second-order valence-electron chi connectivity index (χ2n) is 7.22. The number of benzene rings is 2. The number of aliphatic hydroxyl groups is 1. The summed E-state index contributed by atoms with van der Waals surface area (Å²) in [7, 11) is -7.00. The molecule has 0 aromatic heterocycles. The van der Waals surface area contributed by atoms with Crippen LogP contribution in [0, 0.1) is 5.92 Å². The highest BCUT2D eigenvalue weighted by Crippen LogP contribution is 2.39. The number of fused-ring (bicyclic) bond motifs is 2. The summed E-state index contributed by atoms with van der Waals surface area (Å²) in [6.45, 7) is 0. The fourth-order valence-electron chi connectivity index (χ4n) is 3.64. The fraction of sp³-hybridized carbons (Fsp3) is 0.211. The summed E-state index contributed by atoms with van der Waals surface area (Å²) in [6.07, 6.45) is 0.907. The summed E-state index contributed by atoms with van der Waals surface area (Å²) in [5.74, 6) is -6.60. The minimum absolute atomic E-state index is 0.0113. The van der Waals surface area contributed by atoms with E-state index in [2.05, 4.69) is 14.4 Å². The maximum Gasteiger partial charge on any atom is 0.286 e. The third kappa shape index (κ3) is 3.48. The molecule has 0 amide bonds. The van der Waals surface area contributed by atoms with Crippen LogP contribution in [0.3, 0.4) is 0 Å². The van der Waals surface area contributed by atoms with Crippen LogP contribution < -0.4 is 10.0 Å². The van der Waals surface area contributed by atoms with Crippen LogP contribution in [0.1, 0.15) is 15.9 Å². The highest BCUT2D eigenvalue weighted by molar-refractivity contribution is 7.92. The molecule has 0 fully saturated rings. The predicted octanol–water partition coefficient (Wildman–Crippen LogP) is 0.444. The van der Waals surface area contributed by atoms with Crippen LogP contribution in [0.25, 0.3) is 0 Å². The number of anilines is 2. The van der Waals surface area contributed by atoms with Gasteiger partial charge in [0.25, 0.3) is 15.8 Å². The fourth-order valence-corrected chi connectivity index (χ4v) is 5.37. The van der Waals surface area contributed by atoms with Crippen molar-refractivity contribution in [2.75, 3.05) is 23.4 Å². The average Bonchev–Trinajstić information content (AvgIpc) is 2.71. The maximum absolute atomic E-state index is 13.1. The molecule has 13 heteroatoms. The Kier molecular flexibility index (Phi) is 4.97. The molecule has 1 aliphatic carbocycles. The molecule has 2 atom stereocenters. The van der Waals surface area contributed by atoms with Gasteiger partial charge in [0.1, 0.15) is 16.6 Å². The average molecular weight is 479 g/mol. The second kappa shape index (κ2) is 7.20. The Morgan fingerprint density at radius 2 is 1.88 bits per heavy atom. The third-order valence-corrected chi connectivity index (χ3v) is 6.97. The molecule has 3 N–H and O–H groups in total. The smallest absolute Gasteiger partial charge is 0.286 e. The van der Waals surface area contributed by atoms with E-state index in [4.69, 9.17) is 4.74 Å². The first-order valence-corrected chi connectivity index (χ1v) is 12.4. The Labute approximate surface area is 183 Å². The first kappa shape index (κ1) is 22.1. The van der Waals surface area contributed by atoms with Crippen molar-refractivity contribution in [3.05, 3.63) is 53.6 Å². The van der Waals surface area contributed by atoms with E-state index in [1.54, 1.807) is 0 Å². The molecule has 2 aliphatic rings. The number of Topliss-reactive ketones (excluding diaryl/α,β-unsaturated/α-hetero) is 2. The molecule has 0 saturated carbocycles. The van der Waals surface area contributed by atoms with Gasteiger partial charge in [-0.1, -0.05) is 24.3 Å². The van der Waals surface area contributed by atoms with Gasteiger partial charge in [0.05, 0.1) is 11.9 Å². The van der Waals surface area contributed by atoms with Crippen molar-refractivity contribution < 1.29 is 36.3 Å². The molecule has 32 heavy (non-hydrogen) atoms. The molecule has 0 saturated heterocycles. The summed E-state index contributed by atoms with van der Waals surface area (Å²) < 4.78 is 59.3. The van der Waals surface area contributed by atoms with Crippen molar-refractivity contribution in [3.8, 4) is 0 Å². The van der Waals surface area contributed by atoms with E-state index >= 15 is 0 Å². The molecule has 2 unspecified atom stereocenters. The van der Waals surface area contributed by atoms with Crippen molar-refractivity contribution in [1.29, 1.82) is 0 Å². The van der Waals surface area contributed by atoms with E-state index < -0.39 is 49.2 Å². The molecule has 0 spiro atoms. The Hall–Kier alpha value is -3.13. The number of nitrogens with zero attached hydrogens (tertiary/aromatic N) is 1. The summed E-state index contributed by atoms with van der Waals surface area (Å²) in [4.78, 5) is 25.8. The Bertz CT molecular complexity index is 1420. The van der Waals surface area contributed by atoms with Crippen molar-refractivity contribution in [1.82, 2.24) is 0 Å². The number of ketones is 2. The van der Waals surface area contributed by atoms with Crippen LogP contribution in [0.4, 0.5) is 11.4 Å². The number of hydrogen-bond donors (Lipinski definition) is 3. The monoisotopic (exact) mass is 479 g/mol. The summed E-state index contributed by atoms with van der Waals surface area (Å²) in [6, 6.07) is 9.42. The van der Waals surface area contributed by atoms with Crippen LogP contribution in [-0.2, 0) is 35.4 Å². The molecule has 168 valence electrons. The van der Waals surface area contributed by atoms with Crippen LogP contribution in [0.5, 0.6) is 0 Å². The number of hydrogen-bond acceptors (Lipinski definition) is 9. The number of carbonyl (C=O) groups excluding carboxylic acids is 2. The van der Waals surface area contributed by atoms with Gasteiger partial charge in [-0.05, 0) is 18.2 Å². The van der Waals surface area contributed by atoms with Crippen molar-refractivity contribution >= 4 is 48.8 Å². The lowest BCUT2D eigenvalue weighted by Gasteiger charge is -2.35. The molecule has 4 rings (SSSR count). The normalized spacial score (nSPS) is 24.1. The van der Waals surface area contributed by atoms with Crippen molar-refractivity contribution in [3.63, 3.8) is 0 Å². The SMILES string of the molecule is COC1(O)C(=O)C(C2=NS(=O)(=O)c3cc(NS(C)(=O)=O)ccc3N2)C(=O)c2ccccc21. The van der Waals surface area contributed by atoms with E-state index in [-0.39, 0.29) is 27.4 Å². The molecule has 0 radical (unpaired) electrons. The van der Waals surface area contributed by atoms with Gasteiger partial charge in [0, 0.05) is 23.9 Å². The van der Waals surface area contributed by atoms with Gasteiger partial charge in [-0.2, -0.15) is 8.42 Å². The first-order chi connectivity index (χ1) is 14.9. The van der Waals surface area contributed by atoms with E-state index in [9.17, 15) is 31.5 Å². The highest BCUT2D eigenvalue weighted by atomic mass is 32.2. The number of ether oxygens (including phenoxy) is 1. The number of sulfonamides is 2. The van der Waals surface area contributed by atoms with Gasteiger partial charge < -0.3 is 15.2 Å². The zero-order valence-corrected chi connectivity index (χ0v) is 18.3. The standard InChI is InChI=1S/C19H17N3O8S2/c1-30-19(25)12-6-4-3-5-11(12)16(23)15(17(19)24)18-20-13-8-7-10(21-31(2,26)27)9-14(13)32(28,29)22-18/h3-9,15,21,25H,1-2H3,(H,20,22). The van der Waals surface area contributed by atoms with Crippen LogP contribution in [0.15, 0.2) is 51.8 Å².